The van der Waals surface area contributed by atoms with Crippen LogP contribution in [-0.4, -0.2) is 48.3 Å². The number of nitriles is 1. The van der Waals surface area contributed by atoms with Gasteiger partial charge in [0.2, 0.25) is 5.89 Å². The van der Waals surface area contributed by atoms with Crippen LogP contribution in [-0.2, 0) is 6.42 Å². The number of nitrogens with zero attached hydrogens (tertiary/aromatic N) is 5. The molecule has 6 nitrogen and oxygen atoms in total. The number of aromatic nitrogens is 2. The van der Waals surface area contributed by atoms with Crippen molar-refractivity contribution >= 4 is 5.95 Å². The maximum absolute atomic E-state index is 8.46. The fourth-order valence-electron chi connectivity index (χ4n) is 1.65. The summed E-state index contributed by atoms with van der Waals surface area (Å²) in [6.45, 7) is 3.88. The van der Waals surface area contributed by atoms with Crippen LogP contribution >= 0.6 is 0 Å². The van der Waals surface area contributed by atoms with Gasteiger partial charge in [-0.05, 0) is 12.2 Å². The Kier molecular flexibility index (Phi) is 3.37. The molecule has 0 atom stereocenters. The average molecular weight is 221 g/mol. The number of hydrogen-bond donors (Lipinski definition) is 0. The van der Waals surface area contributed by atoms with E-state index in [2.05, 4.69) is 33.1 Å². The Labute approximate surface area is 94.4 Å². The molecule has 0 spiro atoms. The number of rotatable bonds is 3. The zero-order valence-corrected chi connectivity index (χ0v) is 9.39. The molecule has 0 radical (unpaired) electrons. The molecule has 0 bridgehead atoms. The smallest absolute Gasteiger partial charge is 0.266 e. The third-order valence-corrected chi connectivity index (χ3v) is 2.69. The molecule has 2 rings (SSSR count). The summed E-state index contributed by atoms with van der Waals surface area (Å²) < 4.78 is 5.08. The molecule has 2 heterocycles. The van der Waals surface area contributed by atoms with Gasteiger partial charge in [0.15, 0.2) is 0 Å². The lowest BCUT2D eigenvalue weighted by molar-refractivity contribution is 0.308. The summed E-state index contributed by atoms with van der Waals surface area (Å²) in [5.41, 5.74) is 0. The highest BCUT2D eigenvalue weighted by Crippen LogP contribution is 2.12. The molecule has 0 unspecified atom stereocenters. The lowest BCUT2D eigenvalue weighted by Crippen LogP contribution is -2.44. The van der Waals surface area contributed by atoms with E-state index in [0.717, 1.165) is 26.2 Å². The van der Waals surface area contributed by atoms with Crippen molar-refractivity contribution in [2.24, 2.45) is 0 Å². The quantitative estimate of drug-likeness (QED) is 0.730. The van der Waals surface area contributed by atoms with Gasteiger partial charge in [0.25, 0.3) is 5.95 Å². The Balaban J connectivity index is 1.94. The summed E-state index contributed by atoms with van der Waals surface area (Å²) in [4.78, 5) is 8.66. The van der Waals surface area contributed by atoms with Crippen LogP contribution in [0.2, 0.25) is 0 Å². The monoisotopic (exact) mass is 221 g/mol. The van der Waals surface area contributed by atoms with Gasteiger partial charge >= 0.3 is 0 Å². The van der Waals surface area contributed by atoms with Crippen molar-refractivity contribution in [3.05, 3.63) is 5.89 Å². The van der Waals surface area contributed by atoms with Crippen molar-refractivity contribution in [3.63, 3.8) is 0 Å². The highest BCUT2D eigenvalue weighted by atomic mass is 16.5. The zero-order chi connectivity index (χ0) is 11.4. The van der Waals surface area contributed by atoms with E-state index in [1.165, 1.54) is 0 Å². The minimum absolute atomic E-state index is 0.421. The summed E-state index contributed by atoms with van der Waals surface area (Å²) in [6, 6.07) is 2.06. The molecule has 16 heavy (non-hydrogen) atoms. The predicted octanol–water partition coefficient (Wildman–Crippen LogP) is 0.278. The zero-order valence-electron chi connectivity index (χ0n) is 9.39. The van der Waals surface area contributed by atoms with E-state index in [1.807, 2.05) is 0 Å². The minimum atomic E-state index is 0.421. The van der Waals surface area contributed by atoms with E-state index >= 15 is 0 Å². The van der Waals surface area contributed by atoms with Gasteiger partial charge in [-0.15, -0.1) is 0 Å². The molecule has 6 heteroatoms. The number of likely N-dealkylation sites (N-methyl/N-ethyl adjacent to an activating group) is 1. The number of piperazine rings is 1. The molecule has 0 saturated carbocycles. The average Bonchev–Trinajstić information content (AvgIpc) is 2.76. The Morgan fingerprint density at radius 3 is 2.81 bits per heavy atom. The Bertz CT molecular complexity index is 375. The van der Waals surface area contributed by atoms with Crippen LogP contribution in [0.1, 0.15) is 12.3 Å². The molecule has 1 aliphatic rings. The summed E-state index contributed by atoms with van der Waals surface area (Å²) in [5, 5.41) is 12.4. The Hall–Kier alpha value is -1.61. The van der Waals surface area contributed by atoms with Gasteiger partial charge in [-0.1, -0.05) is 0 Å². The second-order valence-electron chi connectivity index (χ2n) is 3.94. The van der Waals surface area contributed by atoms with Gasteiger partial charge in [-0.25, -0.2) is 0 Å². The molecular formula is C10H15N5O. The van der Waals surface area contributed by atoms with Crippen LogP contribution in [0.4, 0.5) is 5.95 Å². The fraction of sp³-hybridized carbons (Fsp3) is 0.700. The highest BCUT2D eigenvalue weighted by molar-refractivity contribution is 5.28. The Morgan fingerprint density at radius 1 is 1.38 bits per heavy atom. The van der Waals surface area contributed by atoms with Gasteiger partial charge in [0.05, 0.1) is 6.07 Å². The Morgan fingerprint density at radius 2 is 2.12 bits per heavy atom. The predicted molar refractivity (Wildman–Crippen MR) is 57.9 cm³/mol. The van der Waals surface area contributed by atoms with E-state index in [9.17, 15) is 0 Å². The number of hydrogen-bond acceptors (Lipinski definition) is 6. The summed E-state index contributed by atoms with van der Waals surface area (Å²) in [6.07, 6.45) is 0.960. The van der Waals surface area contributed by atoms with Crippen LogP contribution in [0.3, 0.4) is 0 Å². The summed E-state index contributed by atoms with van der Waals surface area (Å²) >= 11 is 0. The topological polar surface area (TPSA) is 69.2 Å². The summed E-state index contributed by atoms with van der Waals surface area (Å²) in [5.74, 6) is 1.21. The molecular weight excluding hydrogens is 206 g/mol. The van der Waals surface area contributed by atoms with Crippen molar-refractivity contribution in [1.29, 1.82) is 5.26 Å². The van der Waals surface area contributed by atoms with Crippen molar-refractivity contribution in [2.75, 3.05) is 38.1 Å². The highest BCUT2D eigenvalue weighted by Gasteiger charge is 2.18. The standard InChI is InChI=1S/C10H15N5O/c1-14-5-7-15(8-6-14)10-12-9(16-13-10)3-2-4-11/h2-3,5-8H2,1H3. The first-order valence-corrected chi connectivity index (χ1v) is 5.42. The SMILES string of the molecule is CN1CCN(c2noc(CCC#N)n2)CC1. The lowest BCUT2D eigenvalue weighted by Gasteiger charge is -2.31. The minimum Gasteiger partial charge on any atom is -0.337 e. The van der Waals surface area contributed by atoms with Crippen molar-refractivity contribution in [3.8, 4) is 6.07 Å². The van der Waals surface area contributed by atoms with Crippen molar-refractivity contribution < 1.29 is 4.52 Å². The maximum atomic E-state index is 8.46. The van der Waals surface area contributed by atoms with Gasteiger partial charge in [-0.2, -0.15) is 10.2 Å². The lowest BCUT2D eigenvalue weighted by atomic mass is 10.3. The van der Waals surface area contributed by atoms with Crippen LogP contribution in [0.15, 0.2) is 4.52 Å². The largest absolute Gasteiger partial charge is 0.337 e. The second-order valence-corrected chi connectivity index (χ2v) is 3.94. The van der Waals surface area contributed by atoms with Crippen LogP contribution < -0.4 is 4.90 Å². The van der Waals surface area contributed by atoms with Gasteiger partial charge < -0.3 is 14.3 Å². The van der Waals surface area contributed by atoms with Gasteiger partial charge in [0, 0.05) is 39.0 Å². The molecule has 86 valence electrons. The molecule has 0 aromatic carbocycles. The molecule has 1 fully saturated rings. The summed E-state index contributed by atoms with van der Waals surface area (Å²) in [7, 11) is 2.10. The third-order valence-electron chi connectivity index (χ3n) is 2.69. The fourth-order valence-corrected chi connectivity index (χ4v) is 1.65. The molecule has 0 amide bonds. The van der Waals surface area contributed by atoms with E-state index in [1.54, 1.807) is 0 Å². The molecule has 1 aromatic heterocycles. The van der Waals surface area contributed by atoms with Crippen LogP contribution in [0.5, 0.6) is 0 Å². The molecule has 0 N–H and O–H groups in total. The molecule has 0 aliphatic carbocycles. The first-order chi connectivity index (χ1) is 7.79. The third kappa shape index (κ3) is 2.49. The van der Waals surface area contributed by atoms with E-state index < -0.39 is 0 Å². The first-order valence-electron chi connectivity index (χ1n) is 5.42. The maximum Gasteiger partial charge on any atom is 0.266 e. The van der Waals surface area contributed by atoms with Crippen LogP contribution in [0, 0.1) is 11.3 Å². The van der Waals surface area contributed by atoms with Crippen LogP contribution in [0.25, 0.3) is 0 Å². The number of anilines is 1. The number of aryl methyl sites for hydroxylation is 1. The van der Waals surface area contributed by atoms with Crippen molar-refractivity contribution in [2.45, 2.75) is 12.8 Å². The van der Waals surface area contributed by atoms with E-state index in [-0.39, 0.29) is 0 Å². The van der Waals surface area contributed by atoms with Gasteiger partial charge in [-0.3, -0.25) is 0 Å². The van der Waals surface area contributed by atoms with E-state index in [0.29, 0.717) is 24.7 Å². The first kappa shape index (κ1) is 10.9. The molecule has 1 aliphatic heterocycles. The molecule has 1 aromatic rings. The molecule has 1 saturated heterocycles. The second kappa shape index (κ2) is 4.94. The van der Waals surface area contributed by atoms with Crippen molar-refractivity contribution in [1.82, 2.24) is 15.0 Å². The normalized spacial score (nSPS) is 17.4. The van der Waals surface area contributed by atoms with Gasteiger partial charge in [0.1, 0.15) is 0 Å². The van der Waals surface area contributed by atoms with E-state index in [4.69, 9.17) is 9.78 Å².